The monoisotopic (exact) mass is 423 g/mol. The molecule has 0 radical (unpaired) electrons. The summed E-state index contributed by atoms with van der Waals surface area (Å²) in [6.07, 6.45) is 13.9. The molecular weight excluding hydrogens is 389 g/mol. The van der Waals surface area contributed by atoms with Crippen molar-refractivity contribution in [2.45, 2.75) is 70.3 Å². The van der Waals surface area contributed by atoms with E-state index in [9.17, 15) is 4.39 Å². The maximum Gasteiger partial charge on any atom is 0.141 e. The minimum absolute atomic E-state index is 0.142. The molecule has 1 saturated heterocycles. The molecule has 2 aromatic rings. The van der Waals surface area contributed by atoms with Gasteiger partial charge in [-0.1, -0.05) is 6.07 Å². The summed E-state index contributed by atoms with van der Waals surface area (Å²) in [4.78, 5) is 11.9. The van der Waals surface area contributed by atoms with Gasteiger partial charge in [-0.25, -0.2) is 4.39 Å². The number of ether oxygens (including phenoxy) is 1. The van der Waals surface area contributed by atoms with Crippen LogP contribution >= 0.6 is 0 Å². The van der Waals surface area contributed by atoms with Crippen molar-refractivity contribution in [3.8, 4) is 0 Å². The molecule has 1 atom stereocenters. The van der Waals surface area contributed by atoms with Crippen LogP contribution in [0.1, 0.15) is 68.0 Å². The van der Waals surface area contributed by atoms with Gasteiger partial charge in [0.2, 0.25) is 0 Å². The number of hydrogen-bond donors (Lipinski definition) is 0. The molecule has 4 nitrogen and oxygen atoms in total. The van der Waals surface area contributed by atoms with Crippen LogP contribution in [-0.2, 0) is 29.5 Å². The molecule has 2 aromatic heterocycles. The lowest BCUT2D eigenvalue weighted by Gasteiger charge is -2.33. The number of likely N-dealkylation sites (tertiary alicyclic amines) is 1. The van der Waals surface area contributed by atoms with E-state index in [2.05, 4.69) is 29.1 Å². The maximum atomic E-state index is 13.2. The largest absolute Gasteiger partial charge is 0.381 e. The second-order valence-corrected chi connectivity index (χ2v) is 9.84. The van der Waals surface area contributed by atoms with Crippen molar-refractivity contribution in [3.63, 3.8) is 0 Å². The Morgan fingerprint density at radius 2 is 1.97 bits per heavy atom. The van der Waals surface area contributed by atoms with Gasteiger partial charge in [0.1, 0.15) is 5.82 Å². The fourth-order valence-corrected chi connectivity index (χ4v) is 5.71. The lowest BCUT2D eigenvalue weighted by molar-refractivity contribution is 0.0442. The standard InChI is InChI=1S/C26H34FN3O/c1-2-31-19-25(10-9-23-8-7-22(27)17-28-23)13-14-30(18-25)26(11-12-26)21-15-20-5-3-4-6-24(20)29-16-21/h7-8,15-17H,2-6,9-14,18-19H2,1H3. The molecule has 166 valence electrons. The summed E-state index contributed by atoms with van der Waals surface area (Å²) in [5, 5.41) is 0. The average Bonchev–Trinajstić information content (AvgIpc) is 3.51. The first-order chi connectivity index (χ1) is 15.1. The quantitative estimate of drug-likeness (QED) is 0.609. The zero-order chi connectivity index (χ0) is 21.3. The molecule has 2 aliphatic carbocycles. The van der Waals surface area contributed by atoms with E-state index < -0.39 is 0 Å². The van der Waals surface area contributed by atoms with Gasteiger partial charge < -0.3 is 4.74 Å². The van der Waals surface area contributed by atoms with E-state index in [0.717, 1.165) is 57.7 Å². The summed E-state index contributed by atoms with van der Waals surface area (Å²) in [5.41, 5.74) is 5.53. The Morgan fingerprint density at radius 1 is 1.10 bits per heavy atom. The number of fused-ring (bicyclic) bond motifs is 1. The smallest absolute Gasteiger partial charge is 0.141 e. The van der Waals surface area contributed by atoms with Gasteiger partial charge >= 0.3 is 0 Å². The average molecular weight is 424 g/mol. The van der Waals surface area contributed by atoms with Crippen molar-refractivity contribution in [1.29, 1.82) is 0 Å². The van der Waals surface area contributed by atoms with Crippen LogP contribution < -0.4 is 0 Å². The predicted molar refractivity (Wildman–Crippen MR) is 119 cm³/mol. The van der Waals surface area contributed by atoms with Crippen molar-refractivity contribution in [1.82, 2.24) is 14.9 Å². The molecular formula is C26H34FN3O. The molecule has 31 heavy (non-hydrogen) atoms. The molecule has 0 aromatic carbocycles. The van der Waals surface area contributed by atoms with Crippen LogP contribution in [0.4, 0.5) is 4.39 Å². The minimum Gasteiger partial charge on any atom is -0.381 e. The first kappa shape index (κ1) is 21.0. The van der Waals surface area contributed by atoms with Gasteiger partial charge in [0.15, 0.2) is 0 Å². The summed E-state index contributed by atoms with van der Waals surface area (Å²) < 4.78 is 19.2. The van der Waals surface area contributed by atoms with E-state index in [1.807, 2.05) is 6.07 Å². The second-order valence-electron chi connectivity index (χ2n) is 9.84. The number of hydrogen-bond acceptors (Lipinski definition) is 4. The number of rotatable bonds is 8. The molecule has 1 unspecified atom stereocenters. The molecule has 0 bridgehead atoms. The second kappa shape index (κ2) is 8.59. The number of aromatic nitrogens is 2. The molecule has 5 rings (SSSR count). The molecule has 2 fully saturated rings. The van der Waals surface area contributed by atoms with E-state index in [4.69, 9.17) is 9.72 Å². The predicted octanol–water partition coefficient (Wildman–Crippen LogP) is 4.85. The Morgan fingerprint density at radius 3 is 2.74 bits per heavy atom. The van der Waals surface area contributed by atoms with Crippen LogP contribution in [0.3, 0.4) is 0 Å². The van der Waals surface area contributed by atoms with Gasteiger partial charge in [0.05, 0.1) is 12.8 Å². The molecule has 0 spiro atoms. The van der Waals surface area contributed by atoms with Crippen molar-refractivity contribution in [2.24, 2.45) is 5.41 Å². The molecule has 1 aliphatic heterocycles. The van der Waals surface area contributed by atoms with Gasteiger partial charge in [0, 0.05) is 41.7 Å². The van der Waals surface area contributed by atoms with Crippen LogP contribution in [0.25, 0.3) is 0 Å². The molecule has 5 heteroatoms. The summed E-state index contributed by atoms with van der Waals surface area (Å²) in [6, 6.07) is 5.80. The molecule has 0 N–H and O–H groups in total. The van der Waals surface area contributed by atoms with E-state index >= 15 is 0 Å². The fraction of sp³-hybridized carbons (Fsp3) is 0.615. The normalized spacial score (nSPS) is 24.8. The van der Waals surface area contributed by atoms with Crippen molar-refractivity contribution in [2.75, 3.05) is 26.3 Å². The highest BCUT2D eigenvalue weighted by Gasteiger charge is 2.54. The van der Waals surface area contributed by atoms with Gasteiger partial charge in [0.25, 0.3) is 0 Å². The van der Waals surface area contributed by atoms with Gasteiger partial charge in [-0.3, -0.25) is 14.9 Å². The maximum absolute atomic E-state index is 13.2. The number of pyridine rings is 2. The lowest BCUT2D eigenvalue weighted by atomic mass is 9.82. The van der Waals surface area contributed by atoms with Crippen LogP contribution in [0.15, 0.2) is 30.6 Å². The number of nitrogens with zero attached hydrogens (tertiary/aromatic N) is 3. The highest BCUT2D eigenvalue weighted by molar-refractivity contribution is 5.35. The minimum atomic E-state index is -0.269. The molecule has 3 aliphatic rings. The van der Waals surface area contributed by atoms with Crippen molar-refractivity contribution in [3.05, 3.63) is 58.9 Å². The van der Waals surface area contributed by atoms with E-state index in [1.54, 1.807) is 0 Å². The van der Waals surface area contributed by atoms with E-state index in [-0.39, 0.29) is 16.8 Å². The molecule has 3 heterocycles. The van der Waals surface area contributed by atoms with Crippen molar-refractivity contribution < 1.29 is 9.13 Å². The Labute approximate surface area is 185 Å². The number of aryl methyl sites for hydroxylation is 3. The Hall–Kier alpha value is -1.85. The highest BCUT2D eigenvalue weighted by atomic mass is 19.1. The van der Waals surface area contributed by atoms with Gasteiger partial charge in [-0.15, -0.1) is 0 Å². The first-order valence-electron chi connectivity index (χ1n) is 12.0. The number of halogens is 1. The van der Waals surface area contributed by atoms with Crippen LogP contribution in [0.5, 0.6) is 0 Å². The Bertz CT molecular complexity index is 911. The molecule has 1 saturated carbocycles. The third-order valence-corrected chi connectivity index (χ3v) is 7.79. The van der Waals surface area contributed by atoms with E-state index in [1.165, 1.54) is 61.2 Å². The summed E-state index contributed by atoms with van der Waals surface area (Å²) in [5.74, 6) is -0.269. The highest BCUT2D eigenvalue weighted by Crippen LogP contribution is 2.55. The Kier molecular flexibility index (Phi) is 5.82. The summed E-state index contributed by atoms with van der Waals surface area (Å²) in [6.45, 7) is 5.78. The summed E-state index contributed by atoms with van der Waals surface area (Å²) in [7, 11) is 0. The van der Waals surface area contributed by atoms with Gasteiger partial charge in [-0.2, -0.15) is 0 Å². The Balaban J connectivity index is 1.32. The lowest BCUT2D eigenvalue weighted by Crippen LogP contribution is -2.38. The zero-order valence-electron chi connectivity index (χ0n) is 18.7. The van der Waals surface area contributed by atoms with Crippen LogP contribution in [0, 0.1) is 11.2 Å². The zero-order valence-corrected chi connectivity index (χ0v) is 18.7. The summed E-state index contributed by atoms with van der Waals surface area (Å²) >= 11 is 0. The van der Waals surface area contributed by atoms with E-state index in [0.29, 0.717) is 0 Å². The SMILES string of the molecule is CCOCC1(CCc2ccc(F)cn2)CCN(C2(c3cnc4c(c3)CCCC4)CC2)C1. The third kappa shape index (κ3) is 4.27. The van der Waals surface area contributed by atoms with Crippen LogP contribution in [-0.4, -0.2) is 41.2 Å². The fourth-order valence-electron chi connectivity index (χ4n) is 5.71. The van der Waals surface area contributed by atoms with Gasteiger partial charge in [-0.05, 0) is 94.5 Å². The topological polar surface area (TPSA) is 38.2 Å². The third-order valence-electron chi connectivity index (χ3n) is 7.79. The first-order valence-corrected chi connectivity index (χ1v) is 12.0. The van der Waals surface area contributed by atoms with Crippen molar-refractivity contribution >= 4 is 0 Å². The molecule has 0 amide bonds. The van der Waals surface area contributed by atoms with Crippen LogP contribution in [0.2, 0.25) is 0 Å².